The molecule has 0 amide bonds. The number of piperidine rings is 1. The van der Waals surface area contributed by atoms with Gasteiger partial charge < -0.3 is 4.74 Å². The summed E-state index contributed by atoms with van der Waals surface area (Å²) < 4.78 is 8.22. The molecule has 0 radical (unpaired) electrons. The van der Waals surface area contributed by atoms with Gasteiger partial charge in [0.25, 0.3) is 0 Å². The van der Waals surface area contributed by atoms with E-state index in [2.05, 4.69) is 78.6 Å². The van der Waals surface area contributed by atoms with Crippen molar-refractivity contribution in [3.8, 4) is 28.0 Å². The van der Waals surface area contributed by atoms with Gasteiger partial charge in [-0.05, 0) is 81.4 Å². The third kappa shape index (κ3) is 5.13. The fraction of sp³-hybridized carbons (Fsp3) is 0.357. The van der Waals surface area contributed by atoms with Crippen molar-refractivity contribution < 1.29 is 4.74 Å². The summed E-state index contributed by atoms with van der Waals surface area (Å²) in [5, 5.41) is 4.58. The number of nitrogens with zero attached hydrogens (tertiary/aromatic N) is 4. The molecule has 1 aliphatic heterocycles. The SMILES string of the molecule is CSc1cccc(-c2cnn3cc(-c4ccc(OC(C)(C)CN5CCCCC5)cc4)cnc23)c1. The maximum Gasteiger partial charge on any atom is 0.162 e. The molecule has 2 aromatic heterocycles. The number of aromatic nitrogens is 3. The zero-order valence-electron chi connectivity index (χ0n) is 20.2. The van der Waals surface area contributed by atoms with Gasteiger partial charge in [-0.3, -0.25) is 4.90 Å². The third-order valence-electron chi connectivity index (χ3n) is 6.37. The number of rotatable bonds is 7. The monoisotopic (exact) mass is 472 g/mol. The molecule has 0 saturated carbocycles. The van der Waals surface area contributed by atoms with Gasteiger partial charge in [0.05, 0.1) is 6.20 Å². The van der Waals surface area contributed by atoms with E-state index in [0.29, 0.717) is 0 Å². The molecular weight excluding hydrogens is 440 g/mol. The lowest BCUT2D eigenvalue weighted by atomic mass is 10.1. The number of ether oxygens (including phenoxy) is 1. The summed E-state index contributed by atoms with van der Waals surface area (Å²) >= 11 is 1.74. The maximum absolute atomic E-state index is 6.36. The van der Waals surface area contributed by atoms with Crippen LogP contribution in [0.4, 0.5) is 0 Å². The zero-order valence-corrected chi connectivity index (χ0v) is 21.0. The highest BCUT2D eigenvalue weighted by molar-refractivity contribution is 7.98. The second-order valence-corrected chi connectivity index (χ2v) is 10.5. The molecule has 0 N–H and O–H groups in total. The van der Waals surface area contributed by atoms with Crippen molar-refractivity contribution in [1.29, 1.82) is 0 Å². The average molecular weight is 473 g/mol. The fourth-order valence-corrected chi connectivity index (χ4v) is 5.20. The fourth-order valence-electron chi connectivity index (χ4n) is 4.74. The molecule has 5 nitrogen and oxygen atoms in total. The predicted octanol–water partition coefficient (Wildman–Crippen LogP) is 6.43. The molecule has 0 unspecified atom stereocenters. The summed E-state index contributed by atoms with van der Waals surface area (Å²) in [5.74, 6) is 0.898. The Morgan fingerprint density at radius 2 is 1.74 bits per heavy atom. The van der Waals surface area contributed by atoms with Crippen molar-refractivity contribution in [2.24, 2.45) is 0 Å². The standard InChI is InChI=1S/C28H32N4OS/c1-28(2,20-31-14-5-4-6-15-31)33-24-12-10-21(11-13-24)23-17-29-27-26(18-30-32(27)19-23)22-8-7-9-25(16-22)34-3/h7-13,16-19H,4-6,14-15,20H2,1-3H3. The van der Waals surface area contributed by atoms with Gasteiger partial charge in [-0.2, -0.15) is 5.10 Å². The quantitative estimate of drug-likeness (QED) is 0.290. The van der Waals surface area contributed by atoms with Crippen molar-refractivity contribution in [2.45, 2.75) is 43.6 Å². The van der Waals surface area contributed by atoms with Crippen LogP contribution in [0.2, 0.25) is 0 Å². The zero-order chi connectivity index (χ0) is 23.5. The Labute approximate surface area is 206 Å². The first-order valence-electron chi connectivity index (χ1n) is 12.0. The Morgan fingerprint density at radius 3 is 2.50 bits per heavy atom. The van der Waals surface area contributed by atoms with Crippen LogP contribution in [0.3, 0.4) is 0 Å². The van der Waals surface area contributed by atoms with Crippen LogP contribution in [-0.4, -0.2) is 51.0 Å². The summed E-state index contributed by atoms with van der Waals surface area (Å²) in [5.41, 5.74) is 4.94. The largest absolute Gasteiger partial charge is 0.487 e. The molecule has 176 valence electrons. The van der Waals surface area contributed by atoms with E-state index in [4.69, 9.17) is 9.72 Å². The molecule has 0 atom stereocenters. The summed E-state index contributed by atoms with van der Waals surface area (Å²) in [6.45, 7) is 7.67. The number of thioether (sulfide) groups is 1. The number of hydrogen-bond acceptors (Lipinski definition) is 5. The molecule has 1 fully saturated rings. The van der Waals surface area contributed by atoms with Crippen molar-refractivity contribution in [1.82, 2.24) is 19.5 Å². The molecule has 3 heterocycles. The lowest BCUT2D eigenvalue weighted by Crippen LogP contribution is -2.44. The molecule has 2 aromatic carbocycles. The molecule has 4 aromatic rings. The predicted molar refractivity (Wildman–Crippen MR) is 141 cm³/mol. The van der Waals surface area contributed by atoms with E-state index in [1.807, 2.05) is 23.1 Å². The second-order valence-electron chi connectivity index (χ2n) is 9.62. The first-order chi connectivity index (χ1) is 16.5. The van der Waals surface area contributed by atoms with E-state index in [9.17, 15) is 0 Å². The molecule has 0 bridgehead atoms. The Morgan fingerprint density at radius 1 is 0.941 bits per heavy atom. The van der Waals surface area contributed by atoms with Crippen LogP contribution >= 0.6 is 11.8 Å². The summed E-state index contributed by atoms with van der Waals surface area (Å²) in [7, 11) is 0. The number of fused-ring (bicyclic) bond motifs is 1. The van der Waals surface area contributed by atoms with Crippen LogP contribution in [0.5, 0.6) is 5.75 Å². The lowest BCUT2D eigenvalue weighted by Gasteiger charge is -2.35. The van der Waals surface area contributed by atoms with Crippen molar-refractivity contribution in [3.05, 3.63) is 67.1 Å². The molecule has 0 aliphatic carbocycles. The smallest absolute Gasteiger partial charge is 0.162 e. The van der Waals surface area contributed by atoms with Crippen molar-refractivity contribution in [3.63, 3.8) is 0 Å². The van der Waals surface area contributed by atoms with E-state index < -0.39 is 0 Å². The van der Waals surface area contributed by atoms with Gasteiger partial charge in [-0.25, -0.2) is 9.50 Å². The minimum Gasteiger partial charge on any atom is -0.487 e. The Hall–Kier alpha value is -2.83. The van der Waals surface area contributed by atoms with Crippen molar-refractivity contribution >= 4 is 17.4 Å². The molecule has 5 rings (SSSR count). The topological polar surface area (TPSA) is 42.7 Å². The Balaban J connectivity index is 1.32. The van der Waals surface area contributed by atoms with Crippen molar-refractivity contribution in [2.75, 3.05) is 25.9 Å². The van der Waals surface area contributed by atoms with Gasteiger partial charge in [0, 0.05) is 35.0 Å². The minimum atomic E-state index is -0.224. The highest BCUT2D eigenvalue weighted by Gasteiger charge is 2.24. The van der Waals surface area contributed by atoms with Crippen LogP contribution in [-0.2, 0) is 0 Å². The lowest BCUT2D eigenvalue weighted by molar-refractivity contribution is 0.0520. The van der Waals surface area contributed by atoms with E-state index in [1.165, 1.54) is 37.2 Å². The first kappa shape index (κ1) is 22.9. The Bertz CT molecular complexity index is 1260. The minimum absolute atomic E-state index is 0.224. The van der Waals surface area contributed by atoms with Gasteiger partial charge in [0.1, 0.15) is 11.4 Å². The molecule has 6 heteroatoms. The summed E-state index contributed by atoms with van der Waals surface area (Å²) in [6, 6.07) is 16.8. The highest BCUT2D eigenvalue weighted by atomic mass is 32.2. The third-order valence-corrected chi connectivity index (χ3v) is 7.10. The van der Waals surface area contributed by atoms with Crippen LogP contribution < -0.4 is 4.74 Å². The maximum atomic E-state index is 6.36. The number of benzene rings is 2. The van der Waals surface area contributed by atoms with E-state index in [0.717, 1.165) is 40.2 Å². The van der Waals surface area contributed by atoms with E-state index in [-0.39, 0.29) is 5.60 Å². The molecular formula is C28H32N4OS. The molecule has 1 aliphatic rings. The first-order valence-corrected chi connectivity index (χ1v) is 13.2. The van der Waals surface area contributed by atoms with Crippen LogP contribution in [0.1, 0.15) is 33.1 Å². The summed E-state index contributed by atoms with van der Waals surface area (Å²) in [6.07, 6.45) is 11.9. The number of likely N-dealkylation sites (tertiary alicyclic amines) is 1. The summed E-state index contributed by atoms with van der Waals surface area (Å²) in [4.78, 5) is 8.51. The van der Waals surface area contributed by atoms with E-state index >= 15 is 0 Å². The van der Waals surface area contributed by atoms with Crippen LogP contribution in [0.15, 0.2) is 72.0 Å². The van der Waals surface area contributed by atoms with Gasteiger partial charge in [-0.15, -0.1) is 11.8 Å². The molecule has 1 saturated heterocycles. The number of hydrogen-bond donors (Lipinski definition) is 0. The van der Waals surface area contributed by atoms with Gasteiger partial charge in [-0.1, -0.05) is 30.7 Å². The van der Waals surface area contributed by atoms with Gasteiger partial charge in [0.2, 0.25) is 0 Å². The Kier molecular flexibility index (Phi) is 6.61. The van der Waals surface area contributed by atoms with Gasteiger partial charge >= 0.3 is 0 Å². The molecule has 0 spiro atoms. The molecule has 34 heavy (non-hydrogen) atoms. The van der Waals surface area contributed by atoms with Gasteiger partial charge in [0.15, 0.2) is 5.65 Å². The normalized spacial score (nSPS) is 15.0. The van der Waals surface area contributed by atoms with Crippen LogP contribution in [0, 0.1) is 0 Å². The average Bonchev–Trinajstić information content (AvgIpc) is 3.28. The highest BCUT2D eigenvalue weighted by Crippen LogP contribution is 2.29. The second kappa shape index (κ2) is 9.80. The van der Waals surface area contributed by atoms with Crippen LogP contribution in [0.25, 0.3) is 27.9 Å². The van der Waals surface area contributed by atoms with E-state index in [1.54, 1.807) is 11.8 Å².